The van der Waals surface area contributed by atoms with Crippen molar-refractivity contribution in [3.8, 4) is 0 Å². The van der Waals surface area contributed by atoms with Gasteiger partial charge in [-0.1, -0.05) is 12.2 Å². The molecule has 88 valence electrons. The fourth-order valence-corrected chi connectivity index (χ4v) is 1.30. The van der Waals surface area contributed by atoms with Gasteiger partial charge in [0.25, 0.3) is 0 Å². The van der Waals surface area contributed by atoms with Gasteiger partial charge in [0.2, 0.25) is 5.91 Å². The molecule has 0 aromatic rings. The zero-order valence-corrected chi connectivity index (χ0v) is 10.2. The number of carbonyl (C=O) groups is 1. The number of thiocarbonyl (C=S) groups is 1. The van der Waals surface area contributed by atoms with Crippen molar-refractivity contribution in [2.24, 2.45) is 11.7 Å². The number of unbranched alkanes of at least 4 members (excludes halogenated alkanes) is 2. The molecule has 0 heterocycles. The van der Waals surface area contributed by atoms with Crippen molar-refractivity contribution in [1.82, 2.24) is 4.90 Å². The molecule has 0 saturated heterocycles. The van der Waals surface area contributed by atoms with E-state index in [-0.39, 0.29) is 23.4 Å². The zero-order chi connectivity index (χ0) is 11.8. The second-order valence-corrected chi connectivity index (χ2v) is 4.14. The van der Waals surface area contributed by atoms with Crippen molar-refractivity contribution >= 4 is 23.1 Å². The molecule has 1 amide bonds. The molecular weight excluding hydrogens is 212 g/mol. The highest BCUT2D eigenvalue weighted by molar-refractivity contribution is 7.80. The summed E-state index contributed by atoms with van der Waals surface area (Å²) >= 11 is 4.77. The Kier molecular flexibility index (Phi) is 7.25. The lowest BCUT2D eigenvalue weighted by molar-refractivity contribution is -0.131. The van der Waals surface area contributed by atoms with Crippen LogP contribution in [-0.4, -0.2) is 41.1 Å². The number of hydrogen-bond donors (Lipinski definition) is 2. The van der Waals surface area contributed by atoms with Gasteiger partial charge >= 0.3 is 0 Å². The Morgan fingerprint density at radius 2 is 2.07 bits per heavy atom. The summed E-state index contributed by atoms with van der Waals surface area (Å²) in [5, 5.41) is 8.59. The molecule has 0 saturated carbocycles. The molecule has 0 aromatic carbocycles. The van der Waals surface area contributed by atoms with E-state index in [9.17, 15) is 4.79 Å². The third-order valence-electron chi connectivity index (χ3n) is 2.33. The van der Waals surface area contributed by atoms with Crippen LogP contribution in [0.15, 0.2) is 0 Å². The summed E-state index contributed by atoms with van der Waals surface area (Å²) in [4.78, 5) is 13.5. The Morgan fingerprint density at radius 3 is 2.53 bits per heavy atom. The molecule has 0 rings (SSSR count). The van der Waals surface area contributed by atoms with Crippen molar-refractivity contribution in [3.63, 3.8) is 0 Å². The molecule has 0 bridgehead atoms. The standard InChI is InChI=1S/C10H20N2O2S/c1-8(9(11)15)10(14)12(2)6-4-3-5-7-13/h8,13H,3-7H2,1-2H3,(H2,11,15). The topological polar surface area (TPSA) is 66.6 Å². The minimum Gasteiger partial charge on any atom is -0.396 e. The average molecular weight is 232 g/mol. The van der Waals surface area contributed by atoms with Crippen LogP contribution in [0.5, 0.6) is 0 Å². The van der Waals surface area contributed by atoms with Crippen LogP contribution in [0.4, 0.5) is 0 Å². The number of aliphatic hydroxyl groups is 1. The van der Waals surface area contributed by atoms with Gasteiger partial charge < -0.3 is 15.7 Å². The molecule has 1 atom stereocenters. The van der Waals surface area contributed by atoms with Gasteiger partial charge in [0, 0.05) is 20.2 Å². The number of hydrogen-bond acceptors (Lipinski definition) is 3. The van der Waals surface area contributed by atoms with Crippen LogP contribution in [0.2, 0.25) is 0 Å². The van der Waals surface area contributed by atoms with Gasteiger partial charge in [-0.2, -0.15) is 0 Å². The van der Waals surface area contributed by atoms with Gasteiger partial charge in [0.05, 0.1) is 10.9 Å². The molecule has 1 unspecified atom stereocenters. The lowest BCUT2D eigenvalue weighted by atomic mass is 10.1. The Hall–Kier alpha value is -0.680. The second kappa shape index (κ2) is 7.59. The number of nitrogens with two attached hydrogens (primary N) is 1. The highest BCUT2D eigenvalue weighted by Gasteiger charge is 2.18. The smallest absolute Gasteiger partial charge is 0.231 e. The fraction of sp³-hybridized carbons (Fsp3) is 0.800. The molecule has 5 heteroatoms. The number of nitrogens with zero attached hydrogens (tertiary/aromatic N) is 1. The minimum absolute atomic E-state index is 0.0356. The molecule has 15 heavy (non-hydrogen) atoms. The summed E-state index contributed by atoms with van der Waals surface area (Å²) in [6.45, 7) is 2.61. The zero-order valence-electron chi connectivity index (χ0n) is 9.40. The normalized spacial score (nSPS) is 12.2. The molecular formula is C10H20N2O2S. The average Bonchev–Trinajstić information content (AvgIpc) is 2.21. The third kappa shape index (κ3) is 5.69. The van der Waals surface area contributed by atoms with E-state index in [1.807, 2.05) is 0 Å². The maximum Gasteiger partial charge on any atom is 0.231 e. The molecule has 0 radical (unpaired) electrons. The second-order valence-electron chi connectivity index (χ2n) is 3.67. The van der Waals surface area contributed by atoms with Crippen molar-refractivity contribution in [2.75, 3.05) is 20.2 Å². The Bertz CT molecular complexity index is 221. The van der Waals surface area contributed by atoms with Crippen LogP contribution in [0.1, 0.15) is 26.2 Å². The van der Waals surface area contributed by atoms with E-state index in [1.165, 1.54) is 0 Å². The van der Waals surface area contributed by atoms with Crippen LogP contribution < -0.4 is 5.73 Å². The maximum atomic E-state index is 11.7. The Morgan fingerprint density at radius 1 is 1.47 bits per heavy atom. The van der Waals surface area contributed by atoms with E-state index in [0.29, 0.717) is 6.54 Å². The van der Waals surface area contributed by atoms with Crippen LogP contribution in [-0.2, 0) is 4.79 Å². The summed E-state index contributed by atoms with van der Waals surface area (Å²) in [5.74, 6) is -0.422. The molecule has 0 aliphatic carbocycles. The molecule has 0 spiro atoms. The van der Waals surface area contributed by atoms with Gasteiger partial charge in [-0.05, 0) is 26.2 Å². The summed E-state index contributed by atoms with van der Waals surface area (Å²) in [6.07, 6.45) is 2.61. The Labute approximate surface area is 96.4 Å². The lowest BCUT2D eigenvalue weighted by Gasteiger charge is -2.20. The van der Waals surface area contributed by atoms with Crippen molar-refractivity contribution in [1.29, 1.82) is 0 Å². The van der Waals surface area contributed by atoms with E-state index in [1.54, 1.807) is 18.9 Å². The molecule has 0 aliphatic heterocycles. The highest BCUT2D eigenvalue weighted by Crippen LogP contribution is 2.03. The molecule has 4 nitrogen and oxygen atoms in total. The first kappa shape index (κ1) is 14.3. The third-order valence-corrected chi connectivity index (χ3v) is 2.68. The van der Waals surface area contributed by atoms with Gasteiger partial charge in [0.1, 0.15) is 0 Å². The van der Waals surface area contributed by atoms with E-state index in [2.05, 4.69) is 0 Å². The van der Waals surface area contributed by atoms with E-state index in [0.717, 1.165) is 19.3 Å². The molecule has 0 fully saturated rings. The summed E-state index contributed by atoms with van der Waals surface area (Å²) in [7, 11) is 1.75. The molecule has 0 aliphatic rings. The van der Waals surface area contributed by atoms with Gasteiger partial charge in [0.15, 0.2) is 0 Å². The van der Waals surface area contributed by atoms with Gasteiger partial charge in [-0.15, -0.1) is 0 Å². The first-order valence-electron chi connectivity index (χ1n) is 5.15. The highest BCUT2D eigenvalue weighted by atomic mass is 32.1. The first-order chi connectivity index (χ1) is 7.00. The maximum absolute atomic E-state index is 11.7. The van der Waals surface area contributed by atoms with Crippen LogP contribution in [0.3, 0.4) is 0 Å². The lowest BCUT2D eigenvalue weighted by Crippen LogP contribution is -2.38. The van der Waals surface area contributed by atoms with Gasteiger partial charge in [-0.25, -0.2) is 0 Å². The van der Waals surface area contributed by atoms with Gasteiger partial charge in [-0.3, -0.25) is 4.79 Å². The van der Waals surface area contributed by atoms with E-state index >= 15 is 0 Å². The quantitative estimate of drug-likeness (QED) is 0.496. The summed E-state index contributed by atoms with van der Waals surface area (Å²) in [6, 6.07) is 0. The largest absolute Gasteiger partial charge is 0.396 e. The van der Waals surface area contributed by atoms with Crippen molar-refractivity contribution in [3.05, 3.63) is 0 Å². The number of amides is 1. The first-order valence-corrected chi connectivity index (χ1v) is 5.56. The molecule has 3 N–H and O–H groups in total. The van der Waals surface area contributed by atoms with Crippen molar-refractivity contribution < 1.29 is 9.90 Å². The van der Waals surface area contributed by atoms with E-state index in [4.69, 9.17) is 23.1 Å². The predicted octanol–water partition coefficient (Wildman–Crippen LogP) is 0.530. The monoisotopic (exact) mass is 232 g/mol. The van der Waals surface area contributed by atoms with Crippen molar-refractivity contribution in [2.45, 2.75) is 26.2 Å². The number of rotatable bonds is 7. The van der Waals surface area contributed by atoms with E-state index < -0.39 is 0 Å². The number of carbonyl (C=O) groups excluding carboxylic acids is 1. The fourth-order valence-electron chi connectivity index (χ4n) is 1.20. The predicted molar refractivity (Wildman–Crippen MR) is 64.5 cm³/mol. The molecule has 0 aromatic heterocycles. The minimum atomic E-state index is -0.386. The summed E-state index contributed by atoms with van der Waals surface area (Å²) in [5.41, 5.74) is 5.40. The number of aliphatic hydroxyl groups excluding tert-OH is 1. The van der Waals surface area contributed by atoms with Crippen LogP contribution >= 0.6 is 12.2 Å². The summed E-state index contributed by atoms with van der Waals surface area (Å²) < 4.78 is 0. The Balaban J connectivity index is 3.83. The SMILES string of the molecule is CC(C(=O)N(C)CCCCCO)C(N)=S. The van der Waals surface area contributed by atoms with Crippen LogP contribution in [0, 0.1) is 5.92 Å². The van der Waals surface area contributed by atoms with Crippen LogP contribution in [0.25, 0.3) is 0 Å².